The highest BCUT2D eigenvalue weighted by Crippen LogP contribution is 2.42. The van der Waals surface area contributed by atoms with Crippen molar-refractivity contribution in [2.75, 3.05) is 31.9 Å². The van der Waals surface area contributed by atoms with Crippen molar-refractivity contribution in [2.24, 2.45) is 0 Å². The van der Waals surface area contributed by atoms with Gasteiger partial charge in [-0.25, -0.2) is 15.0 Å². The quantitative estimate of drug-likeness (QED) is 0.0913. The van der Waals surface area contributed by atoms with E-state index in [4.69, 9.17) is 26.2 Å². The molecule has 0 saturated carbocycles. The summed E-state index contributed by atoms with van der Waals surface area (Å²) < 4.78 is 30.4. The minimum absolute atomic E-state index is 0.143. The Labute approximate surface area is 243 Å². The van der Waals surface area contributed by atoms with Gasteiger partial charge in [-0.15, -0.1) is 6.42 Å². The molecule has 1 aromatic carbocycles. The van der Waals surface area contributed by atoms with Gasteiger partial charge in [0.05, 0.1) is 25.6 Å². The van der Waals surface area contributed by atoms with Crippen LogP contribution in [0.5, 0.6) is 0 Å². The van der Waals surface area contributed by atoms with Crippen LogP contribution in [0.25, 0.3) is 11.2 Å². The average molecular weight is 586 g/mol. The Balaban J connectivity index is 1.11. The molecule has 0 radical (unpaired) electrons. The van der Waals surface area contributed by atoms with Gasteiger partial charge in [-0.1, -0.05) is 56.6 Å². The molecule has 3 rings (SSSR count). The van der Waals surface area contributed by atoms with Gasteiger partial charge in [0.1, 0.15) is 18.2 Å². The summed E-state index contributed by atoms with van der Waals surface area (Å²) in [5, 5.41) is 0. The molecule has 2 aromatic heterocycles. The van der Waals surface area contributed by atoms with Gasteiger partial charge in [0, 0.05) is 18.8 Å². The van der Waals surface area contributed by atoms with Crippen LogP contribution in [0.15, 0.2) is 36.9 Å². The largest absolute Gasteiger partial charge is 0.382 e. The zero-order chi connectivity index (χ0) is 29.3. The van der Waals surface area contributed by atoms with E-state index in [9.17, 15) is 9.46 Å². The summed E-state index contributed by atoms with van der Waals surface area (Å²) in [4.78, 5) is 22.4. The molecule has 0 aliphatic heterocycles. The fourth-order valence-electron chi connectivity index (χ4n) is 4.45. The van der Waals surface area contributed by atoms with Crippen molar-refractivity contribution in [3.05, 3.63) is 48.0 Å². The number of nitrogen functional groups attached to an aromatic ring is 1. The number of ether oxygens (including phenoxy) is 2. The second-order valence-corrected chi connectivity index (χ2v) is 12.1. The minimum atomic E-state index is -3.85. The van der Waals surface area contributed by atoms with Crippen molar-refractivity contribution >= 4 is 24.6 Å². The van der Waals surface area contributed by atoms with Gasteiger partial charge < -0.3 is 29.2 Å². The van der Waals surface area contributed by atoms with Crippen LogP contribution >= 0.6 is 7.60 Å². The number of anilines is 1. The Bertz CT molecular complexity index is 1260. The van der Waals surface area contributed by atoms with Crippen LogP contribution in [-0.4, -0.2) is 56.7 Å². The highest BCUT2D eigenvalue weighted by molar-refractivity contribution is 7.52. The molecule has 11 heteroatoms. The maximum Gasteiger partial charge on any atom is 0.353 e. The Morgan fingerprint density at radius 2 is 1.66 bits per heavy atom. The van der Waals surface area contributed by atoms with Crippen LogP contribution in [0.1, 0.15) is 75.8 Å². The first-order chi connectivity index (χ1) is 19.9. The number of benzene rings is 1. The van der Waals surface area contributed by atoms with E-state index in [1.165, 1.54) is 50.4 Å². The summed E-state index contributed by atoms with van der Waals surface area (Å²) in [5.74, 6) is 2.96. The van der Waals surface area contributed by atoms with Crippen molar-refractivity contribution < 1.29 is 23.5 Å². The monoisotopic (exact) mass is 585 g/mol. The van der Waals surface area contributed by atoms with Gasteiger partial charge >= 0.3 is 7.60 Å². The Morgan fingerprint density at radius 3 is 2.39 bits per heavy atom. The van der Waals surface area contributed by atoms with Crippen molar-refractivity contribution in [2.45, 2.75) is 83.8 Å². The van der Waals surface area contributed by atoms with Crippen LogP contribution in [0.3, 0.4) is 0 Å². The Morgan fingerprint density at radius 1 is 0.976 bits per heavy atom. The first-order valence-corrected chi connectivity index (χ1v) is 16.3. The van der Waals surface area contributed by atoms with Crippen LogP contribution in [0.2, 0.25) is 0 Å². The summed E-state index contributed by atoms with van der Waals surface area (Å²) in [6.45, 7) is 3.54. The molecular formula is C30H44N5O5P. The molecule has 0 aliphatic carbocycles. The standard InChI is InChI=1S/C30H44N5O5P/c1-3-26-14-16-27(17-15-26)13-10-8-6-4-5-7-9-11-18-38-19-12-20-40-41(36,37)24-39-25(2)21-35-23-34-28-29(31)32-22-33-30(28)35/h1,14-17,22-23,25H,4-13,18-21,24H2,2H3,(H,36,37)(H2,31,32,33)/t25-/m1/s1. The van der Waals surface area contributed by atoms with Crippen LogP contribution in [0, 0.1) is 12.3 Å². The number of unbranched alkanes of at least 4 members (excludes halogenated alkanes) is 7. The van der Waals surface area contributed by atoms with Crippen molar-refractivity contribution in [1.82, 2.24) is 19.5 Å². The van der Waals surface area contributed by atoms with E-state index in [2.05, 4.69) is 33.0 Å². The summed E-state index contributed by atoms with van der Waals surface area (Å²) >= 11 is 0. The van der Waals surface area contributed by atoms with Gasteiger partial charge in [-0.3, -0.25) is 4.57 Å². The lowest BCUT2D eigenvalue weighted by Gasteiger charge is -2.17. The van der Waals surface area contributed by atoms with E-state index in [0.717, 1.165) is 24.8 Å². The number of hydrogen-bond acceptors (Lipinski definition) is 8. The number of nitrogens with two attached hydrogens (primary N) is 1. The summed E-state index contributed by atoms with van der Waals surface area (Å²) in [6, 6.07) is 8.29. The maximum atomic E-state index is 12.3. The van der Waals surface area contributed by atoms with Crippen LogP contribution in [0.4, 0.5) is 5.82 Å². The summed E-state index contributed by atoms with van der Waals surface area (Å²) in [7, 11) is -3.85. The van der Waals surface area contributed by atoms with Gasteiger partial charge in [-0.05, 0) is 50.3 Å². The molecule has 3 N–H and O–H groups in total. The van der Waals surface area contributed by atoms with E-state index in [0.29, 0.717) is 43.2 Å². The number of aromatic nitrogens is 4. The zero-order valence-corrected chi connectivity index (χ0v) is 25.0. The van der Waals surface area contributed by atoms with Gasteiger partial charge in [0.15, 0.2) is 11.5 Å². The van der Waals surface area contributed by atoms with Crippen LogP contribution < -0.4 is 5.73 Å². The molecule has 224 valence electrons. The number of hydrogen-bond donors (Lipinski definition) is 2. The first kappa shape index (κ1) is 32.7. The third-order valence-electron chi connectivity index (χ3n) is 6.76. The molecule has 0 saturated heterocycles. The number of imidazole rings is 1. The number of fused-ring (bicyclic) bond motifs is 1. The molecule has 0 fully saturated rings. The smallest absolute Gasteiger partial charge is 0.353 e. The molecule has 41 heavy (non-hydrogen) atoms. The van der Waals surface area contributed by atoms with E-state index in [1.54, 1.807) is 17.8 Å². The van der Waals surface area contributed by atoms with E-state index in [1.807, 2.05) is 12.1 Å². The van der Waals surface area contributed by atoms with E-state index in [-0.39, 0.29) is 19.1 Å². The third-order valence-corrected chi connectivity index (χ3v) is 7.82. The zero-order valence-electron chi connectivity index (χ0n) is 24.1. The minimum Gasteiger partial charge on any atom is -0.382 e. The molecule has 0 amide bonds. The van der Waals surface area contributed by atoms with Crippen molar-refractivity contribution in [3.63, 3.8) is 0 Å². The topological polar surface area (TPSA) is 135 Å². The SMILES string of the molecule is C#Cc1ccc(CCCCCCCCCCOCCCOP(=O)(O)CO[C@H](C)Cn2cnc3c(N)ncnc32)cc1. The van der Waals surface area contributed by atoms with Crippen LogP contribution in [-0.2, 0) is 31.5 Å². The predicted molar refractivity (Wildman–Crippen MR) is 161 cm³/mol. The van der Waals surface area contributed by atoms with Crippen molar-refractivity contribution in [3.8, 4) is 12.3 Å². The van der Waals surface area contributed by atoms with E-state index < -0.39 is 7.60 Å². The summed E-state index contributed by atoms with van der Waals surface area (Å²) in [5.41, 5.74) is 9.20. The van der Waals surface area contributed by atoms with E-state index >= 15 is 0 Å². The number of terminal acetylenes is 1. The molecule has 0 spiro atoms. The Hall–Kier alpha value is -2.80. The lowest BCUT2D eigenvalue weighted by atomic mass is 10.0. The maximum absolute atomic E-state index is 12.3. The lowest BCUT2D eigenvalue weighted by Crippen LogP contribution is -2.17. The fourth-order valence-corrected chi connectivity index (χ4v) is 5.38. The number of rotatable bonds is 21. The fraction of sp³-hybridized carbons (Fsp3) is 0.567. The molecule has 2 heterocycles. The highest BCUT2D eigenvalue weighted by atomic mass is 31.2. The normalized spacial score (nSPS) is 13.7. The van der Waals surface area contributed by atoms with Gasteiger partial charge in [0.25, 0.3) is 0 Å². The number of aryl methyl sites for hydroxylation is 1. The molecule has 3 aromatic rings. The summed E-state index contributed by atoms with van der Waals surface area (Å²) in [6.07, 6.45) is 19.0. The second-order valence-electron chi connectivity index (χ2n) is 10.3. The molecule has 0 aliphatic rings. The molecule has 1 unspecified atom stereocenters. The van der Waals surface area contributed by atoms with Crippen molar-refractivity contribution in [1.29, 1.82) is 0 Å². The van der Waals surface area contributed by atoms with Gasteiger partial charge in [-0.2, -0.15) is 0 Å². The Kier molecular flexibility index (Phi) is 14.3. The predicted octanol–water partition coefficient (Wildman–Crippen LogP) is 5.72. The lowest BCUT2D eigenvalue weighted by molar-refractivity contribution is 0.0688. The third kappa shape index (κ3) is 12.3. The second kappa shape index (κ2) is 17.9. The number of nitrogens with zero attached hydrogens (tertiary/aromatic N) is 4. The highest BCUT2D eigenvalue weighted by Gasteiger charge is 2.21. The molecular weight excluding hydrogens is 541 g/mol. The molecule has 2 atom stereocenters. The molecule has 0 bridgehead atoms. The van der Waals surface area contributed by atoms with Gasteiger partial charge in [0.2, 0.25) is 0 Å². The first-order valence-electron chi connectivity index (χ1n) is 14.5. The average Bonchev–Trinajstić information content (AvgIpc) is 3.38. The molecule has 10 nitrogen and oxygen atoms in total.